The van der Waals surface area contributed by atoms with Gasteiger partial charge in [-0.3, -0.25) is 4.99 Å². The fourth-order valence-electron chi connectivity index (χ4n) is 3.47. The van der Waals surface area contributed by atoms with Gasteiger partial charge in [0.05, 0.1) is 17.6 Å². The van der Waals surface area contributed by atoms with Crippen LogP contribution in [0.15, 0.2) is 53.5 Å². The Morgan fingerprint density at radius 1 is 1.06 bits per heavy atom. The molecule has 0 aliphatic heterocycles. The summed E-state index contributed by atoms with van der Waals surface area (Å²) < 4.78 is 13.1. The molecule has 0 amide bonds. The molecule has 31 heavy (non-hydrogen) atoms. The van der Waals surface area contributed by atoms with Crippen molar-refractivity contribution in [2.75, 3.05) is 33.9 Å². The monoisotopic (exact) mass is 423 g/mol. The van der Waals surface area contributed by atoms with Gasteiger partial charge in [0, 0.05) is 46.8 Å². The van der Waals surface area contributed by atoms with E-state index in [1.54, 1.807) is 14.2 Å². The third-order valence-corrected chi connectivity index (χ3v) is 5.04. The zero-order valence-corrected chi connectivity index (χ0v) is 18.7. The van der Waals surface area contributed by atoms with E-state index >= 15 is 0 Å². The van der Waals surface area contributed by atoms with Gasteiger partial charge in [-0.2, -0.15) is 0 Å². The van der Waals surface area contributed by atoms with Gasteiger partial charge in [-0.15, -0.1) is 0 Å². The number of nitrogens with zero attached hydrogens (tertiary/aromatic N) is 3. The number of benzene rings is 2. The fourth-order valence-corrected chi connectivity index (χ4v) is 3.47. The Hall–Kier alpha value is -3.06. The molecule has 7 heteroatoms. The van der Waals surface area contributed by atoms with Crippen molar-refractivity contribution >= 4 is 17.0 Å². The van der Waals surface area contributed by atoms with E-state index in [1.807, 2.05) is 18.2 Å². The van der Waals surface area contributed by atoms with Crippen molar-refractivity contribution in [3.05, 3.63) is 59.9 Å². The van der Waals surface area contributed by atoms with E-state index in [1.165, 1.54) is 5.52 Å². The highest BCUT2D eigenvalue weighted by atomic mass is 16.5. The number of ether oxygens (including phenoxy) is 2. The fraction of sp³-hybridized carbons (Fsp3) is 0.417. The van der Waals surface area contributed by atoms with Gasteiger partial charge < -0.3 is 24.7 Å². The second-order valence-electron chi connectivity index (χ2n) is 7.35. The molecule has 2 N–H and O–H groups in total. The lowest BCUT2D eigenvalue weighted by Crippen LogP contribution is -2.37. The molecule has 0 saturated heterocycles. The van der Waals surface area contributed by atoms with E-state index in [-0.39, 0.29) is 0 Å². The molecule has 2 aromatic carbocycles. The molecule has 1 aromatic heterocycles. The average Bonchev–Trinajstić information content (AvgIpc) is 3.11. The van der Waals surface area contributed by atoms with E-state index in [9.17, 15) is 0 Å². The highest BCUT2D eigenvalue weighted by Gasteiger charge is 2.06. The van der Waals surface area contributed by atoms with Crippen LogP contribution in [0.25, 0.3) is 11.0 Å². The van der Waals surface area contributed by atoms with Crippen molar-refractivity contribution < 1.29 is 9.47 Å². The molecule has 7 nitrogen and oxygen atoms in total. The number of imidazole rings is 1. The quantitative estimate of drug-likeness (QED) is 0.280. The van der Waals surface area contributed by atoms with Crippen LogP contribution in [0.2, 0.25) is 0 Å². The van der Waals surface area contributed by atoms with Gasteiger partial charge >= 0.3 is 0 Å². The SMILES string of the molecule is CN=C(NCCCn1c(C)nc2ccccc21)NCc1cccc(OCCCOC)c1. The van der Waals surface area contributed by atoms with Crippen LogP contribution in [0.5, 0.6) is 5.75 Å². The van der Waals surface area contributed by atoms with E-state index in [4.69, 9.17) is 9.47 Å². The number of rotatable bonds is 11. The Morgan fingerprint density at radius 2 is 1.94 bits per heavy atom. The number of fused-ring (bicyclic) bond motifs is 1. The Kier molecular flexibility index (Phi) is 8.72. The molecule has 166 valence electrons. The van der Waals surface area contributed by atoms with Crippen molar-refractivity contribution in [3.8, 4) is 5.75 Å². The number of para-hydroxylation sites is 2. The van der Waals surface area contributed by atoms with E-state index in [0.717, 1.165) is 54.5 Å². The minimum absolute atomic E-state index is 0.652. The van der Waals surface area contributed by atoms with Crippen LogP contribution in [-0.2, 0) is 17.8 Å². The lowest BCUT2D eigenvalue weighted by atomic mass is 10.2. The maximum Gasteiger partial charge on any atom is 0.191 e. The van der Waals surface area contributed by atoms with Crippen molar-refractivity contribution in [2.45, 2.75) is 32.9 Å². The maximum absolute atomic E-state index is 5.78. The number of guanidine groups is 1. The normalized spacial score (nSPS) is 11.6. The molecule has 1 heterocycles. The summed E-state index contributed by atoms with van der Waals surface area (Å²) in [5.41, 5.74) is 3.38. The van der Waals surface area contributed by atoms with Gasteiger partial charge in [-0.1, -0.05) is 24.3 Å². The summed E-state index contributed by atoms with van der Waals surface area (Å²) in [5.74, 6) is 2.72. The van der Waals surface area contributed by atoms with Gasteiger partial charge in [-0.25, -0.2) is 4.98 Å². The molecule has 0 fully saturated rings. The largest absolute Gasteiger partial charge is 0.493 e. The van der Waals surface area contributed by atoms with Gasteiger partial charge in [0.1, 0.15) is 11.6 Å². The lowest BCUT2D eigenvalue weighted by Gasteiger charge is -2.13. The van der Waals surface area contributed by atoms with Gasteiger partial charge in [0.15, 0.2) is 5.96 Å². The van der Waals surface area contributed by atoms with Crippen molar-refractivity contribution in [1.29, 1.82) is 0 Å². The number of hydrogen-bond donors (Lipinski definition) is 2. The molecule has 0 unspecified atom stereocenters. The van der Waals surface area contributed by atoms with Gasteiger partial charge in [0.25, 0.3) is 0 Å². The molecular weight excluding hydrogens is 390 g/mol. The summed E-state index contributed by atoms with van der Waals surface area (Å²) in [5, 5.41) is 6.76. The van der Waals surface area contributed by atoms with Gasteiger partial charge in [0.2, 0.25) is 0 Å². The summed E-state index contributed by atoms with van der Waals surface area (Å²) in [6.07, 6.45) is 1.86. The molecule has 0 spiro atoms. The van der Waals surface area contributed by atoms with Crippen LogP contribution < -0.4 is 15.4 Å². The number of aryl methyl sites for hydroxylation is 2. The first kappa shape index (κ1) is 22.6. The lowest BCUT2D eigenvalue weighted by molar-refractivity contribution is 0.172. The average molecular weight is 424 g/mol. The van der Waals surface area contributed by atoms with Crippen LogP contribution in [0.1, 0.15) is 24.2 Å². The minimum atomic E-state index is 0.652. The molecule has 0 atom stereocenters. The first-order chi connectivity index (χ1) is 15.2. The second kappa shape index (κ2) is 12.0. The van der Waals surface area contributed by atoms with Crippen molar-refractivity contribution in [2.24, 2.45) is 4.99 Å². The Labute approximate surface area is 184 Å². The molecule has 0 radical (unpaired) electrons. The summed E-state index contributed by atoms with van der Waals surface area (Å²) in [4.78, 5) is 8.96. The van der Waals surface area contributed by atoms with Crippen LogP contribution in [0, 0.1) is 6.92 Å². The predicted molar refractivity (Wildman–Crippen MR) is 126 cm³/mol. The van der Waals surface area contributed by atoms with Crippen LogP contribution >= 0.6 is 0 Å². The summed E-state index contributed by atoms with van der Waals surface area (Å²) in [6, 6.07) is 16.4. The summed E-state index contributed by atoms with van der Waals surface area (Å²) in [7, 11) is 3.49. The number of methoxy groups -OCH3 is 1. The molecular formula is C24H33N5O2. The minimum Gasteiger partial charge on any atom is -0.493 e. The number of hydrogen-bond acceptors (Lipinski definition) is 4. The van der Waals surface area contributed by atoms with Crippen molar-refractivity contribution in [1.82, 2.24) is 20.2 Å². The number of nitrogens with one attached hydrogen (secondary N) is 2. The molecule has 0 bridgehead atoms. The van der Waals surface area contributed by atoms with E-state index < -0.39 is 0 Å². The Bertz CT molecular complexity index is 983. The summed E-state index contributed by atoms with van der Waals surface area (Å²) in [6.45, 7) is 5.84. The van der Waals surface area contributed by atoms with Crippen molar-refractivity contribution in [3.63, 3.8) is 0 Å². The third kappa shape index (κ3) is 6.72. The zero-order valence-electron chi connectivity index (χ0n) is 18.7. The van der Waals surface area contributed by atoms with Gasteiger partial charge in [-0.05, 0) is 43.2 Å². The molecule has 0 aliphatic rings. The zero-order chi connectivity index (χ0) is 21.9. The summed E-state index contributed by atoms with van der Waals surface area (Å²) >= 11 is 0. The second-order valence-corrected chi connectivity index (χ2v) is 7.35. The molecule has 0 aliphatic carbocycles. The first-order valence-electron chi connectivity index (χ1n) is 10.8. The maximum atomic E-state index is 5.78. The highest BCUT2D eigenvalue weighted by molar-refractivity contribution is 5.79. The van der Waals surface area contributed by atoms with E-state index in [2.05, 4.69) is 62.4 Å². The first-order valence-corrected chi connectivity index (χ1v) is 10.8. The third-order valence-electron chi connectivity index (χ3n) is 5.04. The van der Waals surface area contributed by atoms with Crippen LogP contribution in [0.4, 0.5) is 0 Å². The number of aromatic nitrogens is 2. The van der Waals surface area contributed by atoms with Crippen LogP contribution in [0.3, 0.4) is 0 Å². The topological polar surface area (TPSA) is 72.7 Å². The molecule has 3 aromatic rings. The van der Waals surface area contributed by atoms with E-state index in [0.29, 0.717) is 19.8 Å². The smallest absolute Gasteiger partial charge is 0.191 e. The number of aliphatic imine (C=N–C) groups is 1. The standard InChI is InChI=1S/C24H33N5O2/c1-19-28-22-11-4-5-12-23(22)29(19)14-7-13-26-24(25-2)27-18-20-9-6-10-21(17-20)31-16-8-15-30-3/h4-6,9-12,17H,7-8,13-16,18H2,1-3H3,(H2,25,26,27). The molecule has 3 rings (SSSR count). The Morgan fingerprint density at radius 3 is 2.77 bits per heavy atom. The highest BCUT2D eigenvalue weighted by Crippen LogP contribution is 2.16. The van der Waals surface area contributed by atoms with Crippen LogP contribution in [-0.4, -0.2) is 49.4 Å². The molecule has 0 saturated carbocycles. The predicted octanol–water partition coefficient (Wildman–Crippen LogP) is 3.52. The Balaban J connectivity index is 1.42.